The summed E-state index contributed by atoms with van der Waals surface area (Å²) in [7, 11) is 1.62. The van der Waals surface area contributed by atoms with E-state index in [1.165, 1.54) is 30.6 Å². The summed E-state index contributed by atoms with van der Waals surface area (Å²) in [6, 6.07) is 10.5. The number of methoxy groups -OCH3 is 1. The Bertz CT molecular complexity index is 1540. The van der Waals surface area contributed by atoms with Crippen LogP contribution in [0.1, 0.15) is 24.9 Å². The Morgan fingerprint density at radius 3 is 2.54 bits per heavy atom. The number of carbonyl (C=O) groups is 1. The average molecular weight is 567 g/mol. The summed E-state index contributed by atoms with van der Waals surface area (Å²) in [6.07, 6.45) is 1.98. The Kier molecular flexibility index (Phi) is 8.59. The lowest BCUT2D eigenvalue weighted by Crippen LogP contribution is -2.31. The van der Waals surface area contributed by atoms with Crippen molar-refractivity contribution in [1.82, 2.24) is 15.3 Å². The van der Waals surface area contributed by atoms with Crippen LogP contribution in [0.2, 0.25) is 0 Å². The summed E-state index contributed by atoms with van der Waals surface area (Å²) in [4.78, 5) is 21.0. The normalized spacial score (nSPS) is 13.0. The summed E-state index contributed by atoms with van der Waals surface area (Å²) >= 11 is 0. The van der Waals surface area contributed by atoms with Crippen molar-refractivity contribution in [3.05, 3.63) is 72.1 Å². The number of hydrogen-bond acceptors (Lipinski definition) is 8. The van der Waals surface area contributed by atoms with Crippen molar-refractivity contribution in [2.75, 3.05) is 38.9 Å². The van der Waals surface area contributed by atoms with E-state index >= 15 is 4.39 Å². The van der Waals surface area contributed by atoms with Gasteiger partial charge in [-0.2, -0.15) is 0 Å². The van der Waals surface area contributed by atoms with Gasteiger partial charge in [0.25, 0.3) is 0 Å². The number of benzene rings is 3. The Hall–Kier alpha value is -4.71. The Morgan fingerprint density at radius 1 is 1.00 bits per heavy atom. The van der Waals surface area contributed by atoms with E-state index in [9.17, 15) is 9.18 Å². The standard InChI is InChI=1S/C29H28F2N4O6/c1-17(18-4-6-19(30)7-5-18)34-29(36)35-20-8-9-23(21(31)14-20)41-28-25-22(32-16-33-28)15-24(38-11-3-10-37-2)26-27(25)40-13-12-39-26/h4-9,14-17H,3,10-13H2,1-2H3,(H2,34,35,36). The topological polar surface area (TPSA) is 113 Å². The zero-order chi connectivity index (χ0) is 28.8. The smallest absolute Gasteiger partial charge is 0.319 e. The third-order valence-corrected chi connectivity index (χ3v) is 6.21. The fraction of sp³-hybridized carbons (Fsp3) is 0.276. The first-order valence-electron chi connectivity index (χ1n) is 12.9. The van der Waals surface area contributed by atoms with Gasteiger partial charge in [-0.25, -0.2) is 23.5 Å². The molecule has 4 aromatic rings. The van der Waals surface area contributed by atoms with Crippen molar-refractivity contribution in [3.8, 4) is 28.9 Å². The Morgan fingerprint density at radius 2 is 1.78 bits per heavy atom. The van der Waals surface area contributed by atoms with E-state index in [0.717, 1.165) is 11.6 Å². The summed E-state index contributed by atoms with van der Waals surface area (Å²) in [5.41, 5.74) is 1.39. The molecule has 1 unspecified atom stereocenters. The highest BCUT2D eigenvalue weighted by Gasteiger charge is 2.26. The number of hydrogen-bond donors (Lipinski definition) is 2. The summed E-state index contributed by atoms with van der Waals surface area (Å²) in [6.45, 7) is 3.32. The maximum Gasteiger partial charge on any atom is 0.319 e. The molecule has 10 nitrogen and oxygen atoms in total. The van der Waals surface area contributed by atoms with Crippen molar-refractivity contribution in [2.24, 2.45) is 0 Å². The number of aromatic nitrogens is 2. The van der Waals surface area contributed by atoms with Gasteiger partial charge in [0, 0.05) is 38.0 Å². The van der Waals surface area contributed by atoms with Crippen LogP contribution >= 0.6 is 0 Å². The van der Waals surface area contributed by atoms with Gasteiger partial charge >= 0.3 is 6.03 Å². The predicted molar refractivity (Wildman–Crippen MR) is 146 cm³/mol. The van der Waals surface area contributed by atoms with Gasteiger partial charge < -0.3 is 34.3 Å². The van der Waals surface area contributed by atoms with E-state index in [4.69, 9.17) is 23.7 Å². The molecular formula is C29H28F2N4O6. The monoisotopic (exact) mass is 566 g/mol. The van der Waals surface area contributed by atoms with Gasteiger partial charge in [0.05, 0.1) is 18.2 Å². The van der Waals surface area contributed by atoms with Gasteiger partial charge in [0.1, 0.15) is 30.7 Å². The molecule has 0 fully saturated rings. The van der Waals surface area contributed by atoms with Gasteiger partial charge in [-0.05, 0) is 36.8 Å². The molecule has 1 aromatic heterocycles. The van der Waals surface area contributed by atoms with Crippen LogP contribution in [0.5, 0.6) is 28.9 Å². The molecule has 1 aliphatic rings. The second kappa shape index (κ2) is 12.6. The molecule has 0 bridgehead atoms. The van der Waals surface area contributed by atoms with E-state index < -0.39 is 17.9 Å². The van der Waals surface area contributed by atoms with Gasteiger partial charge in [0.15, 0.2) is 23.1 Å². The summed E-state index contributed by atoms with van der Waals surface area (Å²) < 4.78 is 56.8. The molecular weight excluding hydrogens is 538 g/mol. The van der Waals surface area contributed by atoms with E-state index in [1.54, 1.807) is 32.2 Å². The molecule has 214 valence electrons. The minimum atomic E-state index is -0.731. The highest BCUT2D eigenvalue weighted by Crippen LogP contribution is 2.48. The number of urea groups is 1. The number of fused-ring (bicyclic) bond motifs is 3. The molecule has 1 atom stereocenters. The van der Waals surface area contributed by atoms with Crippen LogP contribution in [-0.4, -0.2) is 49.5 Å². The molecule has 0 spiro atoms. The minimum Gasteiger partial charge on any atom is -0.489 e. The van der Waals surface area contributed by atoms with Crippen LogP contribution < -0.4 is 29.6 Å². The molecule has 0 radical (unpaired) electrons. The minimum absolute atomic E-state index is 0.0631. The van der Waals surface area contributed by atoms with Crippen molar-refractivity contribution in [3.63, 3.8) is 0 Å². The number of halogens is 2. The molecule has 0 aliphatic carbocycles. The van der Waals surface area contributed by atoms with Crippen molar-refractivity contribution < 1.29 is 37.3 Å². The fourth-order valence-electron chi connectivity index (χ4n) is 4.22. The second-order valence-electron chi connectivity index (χ2n) is 9.12. The molecule has 5 rings (SSSR count). The summed E-state index contributed by atoms with van der Waals surface area (Å²) in [5, 5.41) is 5.71. The summed E-state index contributed by atoms with van der Waals surface area (Å²) in [5.74, 6) is 0.0332. The zero-order valence-corrected chi connectivity index (χ0v) is 22.4. The van der Waals surface area contributed by atoms with Crippen LogP contribution in [0.15, 0.2) is 54.9 Å². The molecule has 0 saturated heterocycles. The predicted octanol–water partition coefficient (Wildman–Crippen LogP) is 5.77. The lowest BCUT2D eigenvalue weighted by molar-refractivity contribution is 0.154. The number of carbonyl (C=O) groups excluding carboxylic acids is 1. The number of amides is 2. The van der Waals surface area contributed by atoms with Crippen LogP contribution in [0.25, 0.3) is 10.9 Å². The molecule has 2 heterocycles. The first kappa shape index (κ1) is 27.8. The SMILES string of the molecule is COCCCOc1cc2ncnc(Oc3ccc(NC(=O)NC(C)c4ccc(F)cc4)cc3F)c2c2c1OCCO2. The van der Waals surface area contributed by atoms with Crippen LogP contribution in [0.4, 0.5) is 19.3 Å². The lowest BCUT2D eigenvalue weighted by Gasteiger charge is -2.23. The van der Waals surface area contributed by atoms with Crippen LogP contribution in [0, 0.1) is 11.6 Å². The number of rotatable bonds is 10. The highest BCUT2D eigenvalue weighted by atomic mass is 19.1. The number of nitrogens with one attached hydrogen (secondary N) is 2. The zero-order valence-electron chi connectivity index (χ0n) is 22.4. The molecule has 2 N–H and O–H groups in total. The first-order chi connectivity index (χ1) is 19.9. The third kappa shape index (κ3) is 6.55. The third-order valence-electron chi connectivity index (χ3n) is 6.21. The highest BCUT2D eigenvalue weighted by molar-refractivity contribution is 5.94. The number of nitrogens with zero attached hydrogens (tertiary/aromatic N) is 2. The lowest BCUT2D eigenvalue weighted by atomic mass is 10.1. The quantitative estimate of drug-likeness (QED) is 0.233. The number of anilines is 1. The van der Waals surface area contributed by atoms with Crippen LogP contribution in [0.3, 0.4) is 0 Å². The second-order valence-corrected chi connectivity index (χ2v) is 9.12. The Balaban J connectivity index is 1.32. The fourth-order valence-corrected chi connectivity index (χ4v) is 4.22. The molecule has 2 amide bonds. The number of ether oxygens (including phenoxy) is 5. The van der Waals surface area contributed by atoms with E-state index in [-0.39, 0.29) is 23.1 Å². The van der Waals surface area contributed by atoms with Crippen molar-refractivity contribution >= 4 is 22.6 Å². The maximum atomic E-state index is 15.1. The molecule has 41 heavy (non-hydrogen) atoms. The van der Waals surface area contributed by atoms with Gasteiger partial charge in [-0.1, -0.05) is 12.1 Å². The van der Waals surface area contributed by atoms with Gasteiger partial charge in [-0.3, -0.25) is 0 Å². The van der Waals surface area contributed by atoms with Crippen molar-refractivity contribution in [2.45, 2.75) is 19.4 Å². The molecule has 0 saturated carbocycles. The van der Waals surface area contributed by atoms with E-state index in [2.05, 4.69) is 20.6 Å². The molecule has 12 heteroatoms. The first-order valence-corrected chi connectivity index (χ1v) is 12.9. The largest absolute Gasteiger partial charge is 0.489 e. The van der Waals surface area contributed by atoms with Crippen LogP contribution in [-0.2, 0) is 4.74 Å². The van der Waals surface area contributed by atoms with Gasteiger partial charge in [-0.15, -0.1) is 0 Å². The Labute approximate surface area is 234 Å². The molecule has 1 aliphatic heterocycles. The average Bonchev–Trinajstić information content (AvgIpc) is 2.97. The van der Waals surface area contributed by atoms with Crippen molar-refractivity contribution in [1.29, 1.82) is 0 Å². The van der Waals surface area contributed by atoms with E-state index in [0.29, 0.717) is 61.0 Å². The van der Waals surface area contributed by atoms with Gasteiger partial charge in [0.2, 0.25) is 11.6 Å². The molecule has 3 aromatic carbocycles. The maximum absolute atomic E-state index is 15.1. The van der Waals surface area contributed by atoms with E-state index in [1.807, 2.05) is 0 Å².